The molecule has 0 aromatic rings. The van der Waals surface area contributed by atoms with E-state index in [9.17, 15) is 14.4 Å². The van der Waals surface area contributed by atoms with E-state index < -0.39 is 17.4 Å². The highest BCUT2D eigenvalue weighted by Crippen LogP contribution is 2.59. The second-order valence-electron chi connectivity index (χ2n) is 5.22. The van der Waals surface area contributed by atoms with Gasteiger partial charge in [0.15, 0.2) is 5.41 Å². The molecule has 2 saturated carbocycles. The summed E-state index contributed by atoms with van der Waals surface area (Å²) in [5.74, 6) is -1.84. The van der Waals surface area contributed by atoms with Crippen LogP contribution >= 0.6 is 0 Å². The monoisotopic (exact) mass is 270 g/mol. The second kappa shape index (κ2) is 4.83. The van der Waals surface area contributed by atoms with Crippen molar-refractivity contribution in [2.75, 3.05) is 21.3 Å². The van der Waals surface area contributed by atoms with Gasteiger partial charge in [0, 0.05) is 0 Å². The van der Waals surface area contributed by atoms with Crippen molar-refractivity contribution in [1.82, 2.24) is 0 Å². The molecule has 19 heavy (non-hydrogen) atoms. The number of esters is 3. The molecule has 2 rings (SSSR count). The molecule has 0 aliphatic heterocycles. The van der Waals surface area contributed by atoms with E-state index in [0.29, 0.717) is 19.3 Å². The highest BCUT2D eigenvalue weighted by atomic mass is 16.5. The van der Waals surface area contributed by atoms with Crippen LogP contribution in [0.25, 0.3) is 0 Å². The molecule has 0 aromatic carbocycles. The van der Waals surface area contributed by atoms with Crippen LogP contribution in [0.5, 0.6) is 0 Å². The summed E-state index contributed by atoms with van der Waals surface area (Å²) in [6, 6.07) is 0. The quantitative estimate of drug-likeness (QED) is 0.423. The standard InChI is InChI=1S/C13H18O6/c1-17-10(14)9-5-8-4-7(9)6-13(8,11(15)18-2)12(16)19-3/h7-9H,4-6H2,1-3H3. The molecule has 0 N–H and O–H groups in total. The lowest BCUT2D eigenvalue weighted by Gasteiger charge is -2.34. The molecule has 6 nitrogen and oxygen atoms in total. The van der Waals surface area contributed by atoms with Gasteiger partial charge in [0.2, 0.25) is 0 Å². The van der Waals surface area contributed by atoms with E-state index in [-0.39, 0.29) is 23.7 Å². The lowest BCUT2D eigenvalue weighted by Crippen LogP contribution is -2.47. The van der Waals surface area contributed by atoms with E-state index >= 15 is 0 Å². The third-order valence-corrected chi connectivity index (χ3v) is 4.58. The van der Waals surface area contributed by atoms with Gasteiger partial charge < -0.3 is 14.2 Å². The van der Waals surface area contributed by atoms with E-state index in [1.165, 1.54) is 21.3 Å². The van der Waals surface area contributed by atoms with Gasteiger partial charge in [-0.2, -0.15) is 0 Å². The van der Waals surface area contributed by atoms with Crippen LogP contribution in [-0.2, 0) is 28.6 Å². The highest BCUT2D eigenvalue weighted by Gasteiger charge is 2.65. The van der Waals surface area contributed by atoms with E-state index in [4.69, 9.17) is 14.2 Å². The van der Waals surface area contributed by atoms with Gasteiger partial charge in [0.1, 0.15) is 0 Å². The SMILES string of the molecule is COC(=O)C1CC2CC1CC2(C(=O)OC)C(=O)OC. The van der Waals surface area contributed by atoms with Crippen molar-refractivity contribution >= 4 is 17.9 Å². The molecule has 3 atom stereocenters. The summed E-state index contributed by atoms with van der Waals surface area (Å²) < 4.78 is 14.3. The first-order valence-electron chi connectivity index (χ1n) is 6.25. The normalized spacial score (nSPS) is 30.8. The molecule has 2 bridgehead atoms. The Labute approximate surface area is 111 Å². The molecule has 2 aliphatic carbocycles. The zero-order valence-electron chi connectivity index (χ0n) is 11.3. The predicted molar refractivity (Wildman–Crippen MR) is 62.8 cm³/mol. The van der Waals surface area contributed by atoms with E-state index in [1.807, 2.05) is 0 Å². The topological polar surface area (TPSA) is 78.9 Å². The molecule has 0 radical (unpaired) electrons. The Hall–Kier alpha value is -1.59. The lowest BCUT2D eigenvalue weighted by molar-refractivity contribution is -0.175. The maximum Gasteiger partial charge on any atom is 0.323 e. The van der Waals surface area contributed by atoms with Crippen LogP contribution in [0.4, 0.5) is 0 Å². The molecule has 2 aliphatic rings. The van der Waals surface area contributed by atoms with Gasteiger partial charge in [0.05, 0.1) is 27.2 Å². The zero-order valence-corrected chi connectivity index (χ0v) is 11.3. The van der Waals surface area contributed by atoms with Gasteiger partial charge in [0.25, 0.3) is 0 Å². The van der Waals surface area contributed by atoms with Crippen LogP contribution in [0.1, 0.15) is 19.3 Å². The summed E-state index contributed by atoms with van der Waals surface area (Å²) >= 11 is 0. The summed E-state index contributed by atoms with van der Waals surface area (Å²) in [6.45, 7) is 0. The Morgan fingerprint density at radius 3 is 1.89 bits per heavy atom. The van der Waals surface area contributed by atoms with Gasteiger partial charge in [-0.25, -0.2) is 0 Å². The molecule has 3 unspecified atom stereocenters. The third kappa shape index (κ3) is 1.81. The smallest absolute Gasteiger partial charge is 0.323 e. The van der Waals surface area contributed by atoms with Crippen LogP contribution < -0.4 is 0 Å². The van der Waals surface area contributed by atoms with Crippen LogP contribution in [-0.4, -0.2) is 39.2 Å². The first-order valence-corrected chi connectivity index (χ1v) is 6.25. The summed E-state index contributed by atoms with van der Waals surface area (Å²) in [5, 5.41) is 0. The Morgan fingerprint density at radius 1 is 0.947 bits per heavy atom. The molecule has 6 heteroatoms. The number of carbonyl (C=O) groups is 3. The number of rotatable bonds is 3. The zero-order chi connectivity index (χ0) is 14.2. The first-order chi connectivity index (χ1) is 9.01. The molecule has 0 aromatic heterocycles. The number of ether oxygens (including phenoxy) is 3. The van der Waals surface area contributed by atoms with Crippen molar-refractivity contribution in [3.8, 4) is 0 Å². The Morgan fingerprint density at radius 2 is 1.53 bits per heavy atom. The molecular formula is C13H18O6. The Balaban J connectivity index is 2.26. The van der Waals surface area contributed by atoms with Gasteiger partial charge in [-0.05, 0) is 31.1 Å². The molecule has 106 valence electrons. The third-order valence-electron chi connectivity index (χ3n) is 4.58. The van der Waals surface area contributed by atoms with Gasteiger partial charge >= 0.3 is 17.9 Å². The van der Waals surface area contributed by atoms with Crippen LogP contribution in [0, 0.1) is 23.2 Å². The van der Waals surface area contributed by atoms with Crippen molar-refractivity contribution in [1.29, 1.82) is 0 Å². The Bertz CT molecular complexity index is 399. The molecular weight excluding hydrogens is 252 g/mol. The number of carbonyl (C=O) groups excluding carboxylic acids is 3. The number of hydrogen-bond donors (Lipinski definition) is 0. The van der Waals surface area contributed by atoms with Crippen LogP contribution in [0.3, 0.4) is 0 Å². The van der Waals surface area contributed by atoms with E-state index in [2.05, 4.69) is 0 Å². The maximum absolute atomic E-state index is 12.0. The van der Waals surface area contributed by atoms with Crippen LogP contribution in [0.2, 0.25) is 0 Å². The summed E-state index contributed by atoms with van der Waals surface area (Å²) in [6.07, 6.45) is 1.43. The predicted octanol–water partition coefficient (Wildman–Crippen LogP) is 0.538. The average Bonchev–Trinajstić information content (AvgIpc) is 3.02. The molecule has 0 saturated heterocycles. The van der Waals surface area contributed by atoms with Crippen molar-refractivity contribution in [3.63, 3.8) is 0 Å². The Kier molecular flexibility index (Phi) is 3.52. The first kappa shape index (κ1) is 13.8. The van der Waals surface area contributed by atoms with Gasteiger partial charge in [-0.3, -0.25) is 14.4 Å². The second-order valence-corrected chi connectivity index (χ2v) is 5.22. The minimum absolute atomic E-state index is 0.0179. The fourth-order valence-corrected chi connectivity index (χ4v) is 3.72. The van der Waals surface area contributed by atoms with Gasteiger partial charge in [-0.1, -0.05) is 0 Å². The van der Waals surface area contributed by atoms with Crippen LogP contribution in [0.15, 0.2) is 0 Å². The largest absolute Gasteiger partial charge is 0.469 e. The highest BCUT2D eigenvalue weighted by molar-refractivity contribution is 6.01. The fraction of sp³-hybridized carbons (Fsp3) is 0.769. The van der Waals surface area contributed by atoms with Crippen molar-refractivity contribution in [3.05, 3.63) is 0 Å². The minimum Gasteiger partial charge on any atom is -0.469 e. The fourth-order valence-electron chi connectivity index (χ4n) is 3.72. The van der Waals surface area contributed by atoms with E-state index in [0.717, 1.165) is 0 Å². The summed E-state index contributed by atoms with van der Waals surface area (Å²) in [5.41, 5.74) is -1.24. The molecule has 0 spiro atoms. The lowest BCUT2D eigenvalue weighted by atomic mass is 9.70. The number of fused-ring (bicyclic) bond motifs is 2. The number of methoxy groups -OCH3 is 3. The summed E-state index contributed by atoms with van der Waals surface area (Å²) in [4.78, 5) is 35.7. The molecule has 0 heterocycles. The maximum atomic E-state index is 12.0. The number of hydrogen-bond acceptors (Lipinski definition) is 6. The van der Waals surface area contributed by atoms with Gasteiger partial charge in [-0.15, -0.1) is 0 Å². The van der Waals surface area contributed by atoms with Crippen molar-refractivity contribution in [2.45, 2.75) is 19.3 Å². The van der Waals surface area contributed by atoms with Crippen molar-refractivity contribution < 1.29 is 28.6 Å². The van der Waals surface area contributed by atoms with Crippen molar-refractivity contribution in [2.24, 2.45) is 23.2 Å². The minimum atomic E-state index is -1.24. The summed E-state index contributed by atoms with van der Waals surface area (Å²) in [7, 11) is 3.87. The molecule has 2 fully saturated rings. The molecule has 0 amide bonds. The average molecular weight is 270 g/mol. The van der Waals surface area contributed by atoms with E-state index in [1.54, 1.807) is 0 Å².